The molecule has 0 spiro atoms. The van der Waals surface area contributed by atoms with E-state index in [4.69, 9.17) is 4.74 Å². The Bertz CT molecular complexity index is 329. The van der Waals surface area contributed by atoms with Crippen molar-refractivity contribution in [3.63, 3.8) is 0 Å². The van der Waals surface area contributed by atoms with Crippen LogP contribution in [0.5, 0.6) is 5.75 Å². The molecular formula is C15H23NO. The normalized spacial score (nSPS) is 17.5. The molecule has 1 aromatic rings. The molecule has 2 heteroatoms. The largest absolute Gasteiger partial charge is 0.494 e. The van der Waals surface area contributed by atoms with Crippen LogP contribution in [0.1, 0.15) is 38.7 Å². The molecule has 0 heterocycles. The van der Waals surface area contributed by atoms with Crippen molar-refractivity contribution in [2.24, 2.45) is 5.92 Å². The van der Waals surface area contributed by atoms with Crippen molar-refractivity contribution in [3.8, 4) is 5.75 Å². The van der Waals surface area contributed by atoms with Crippen LogP contribution in [0.3, 0.4) is 0 Å². The molecule has 17 heavy (non-hydrogen) atoms. The number of ether oxygens (including phenoxy) is 1. The fourth-order valence-electron chi connectivity index (χ4n) is 2.26. The molecule has 0 bridgehead atoms. The van der Waals surface area contributed by atoms with Crippen LogP contribution in [-0.2, 0) is 6.54 Å². The third-order valence-electron chi connectivity index (χ3n) is 3.72. The molecule has 0 radical (unpaired) electrons. The summed E-state index contributed by atoms with van der Waals surface area (Å²) in [6.07, 6.45) is 4.22. The van der Waals surface area contributed by atoms with Gasteiger partial charge in [-0.3, -0.25) is 0 Å². The van der Waals surface area contributed by atoms with E-state index in [0.717, 1.165) is 24.8 Å². The number of hydrogen-bond acceptors (Lipinski definition) is 2. The molecule has 94 valence electrons. The first kappa shape index (κ1) is 12.4. The van der Waals surface area contributed by atoms with E-state index in [-0.39, 0.29) is 0 Å². The first-order valence-corrected chi connectivity index (χ1v) is 6.74. The zero-order chi connectivity index (χ0) is 12.1. The monoisotopic (exact) mass is 233 g/mol. The molecule has 2 nitrogen and oxygen atoms in total. The first-order chi connectivity index (χ1) is 8.29. The minimum atomic E-state index is 0.648. The molecular weight excluding hydrogens is 210 g/mol. The molecule has 1 fully saturated rings. The van der Waals surface area contributed by atoms with Crippen molar-refractivity contribution >= 4 is 0 Å². The van der Waals surface area contributed by atoms with Crippen LogP contribution < -0.4 is 10.1 Å². The lowest BCUT2D eigenvalue weighted by atomic mass is 9.80. The summed E-state index contributed by atoms with van der Waals surface area (Å²) in [5, 5.41) is 3.61. The summed E-state index contributed by atoms with van der Waals surface area (Å²) >= 11 is 0. The maximum Gasteiger partial charge on any atom is 0.119 e. The van der Waals surface area contributed by atoms with Gasteiger partial charge < -0.3 is 10.1 Å². The Morgan fingerprint density at radius 3 is 2.53 bits per heavy atom. The Labute approximate surface area is 104 Å². The predicted octanol–water partition coefficient (Wildman–Crippen LogP) is 3.36. The van der Waals surface area contributed by atoms with Crippen molar-refractivity contribution < 1.29 is 4.74 Å². The van der Waals surface area contributed by atoms with Gasteiger partial charge in [0, 0.05) is 12.6 Å². The van der Waals surface area contributed by atoms with Gasteiger partial charge in [-0.2, -0.15) is 0 Å². The molecule has 0 aliphatic heterocycles. The zero-order valence-corrected chi connectivity index (χ0v) is 10.9. The quantitative estimate of drug-likeness (QED) is 0.813. The summed E-state index contributed by atoms with van der Waals surface area (Å²) in [7, 11) is 0. The van der Waals surface area contributed by atoms with E-state index in [1.54, 1.807) is 0 Å². The van der Waals surface area contributed by atoms with Crippen LogP contribution in [-0.4, -0.2) is 12.6 Å². The first-order valence-electron chi connectivity index (χ1n) is 6.74. The van der Waals surface area contributed by atoms with E-state index in [0.29, 0.717) is 6.04 Å². The molecule has 0 aromatic heterocycles. The van der Waals surface area contributed by atoms with Crippen LogP contribution in [0, 0.1) is 5.92 Å². The number of rotatable bonds is 6. The smallest absolute Gasteiger partial charge is 0.119 e. The summed E-state index contributed by atoms with van der Waals surface area (Å²) in [5.74, 6) is 1.86. The highest BCUT2D eigenvalue weighted by Gasteiger charge is 2.23. The van der Waals surface area contributed by atoms with Crippen molar-refractivity contribution in [3.05, 3.63) is 29.8 Å². The topological polar surface area (TPSA) is 21.3 Å². The number of benzene rings is 1. The minimum Gasteiger partial charge on any atom is -0.494 e. The van der Waals surface area contributed by atoms with Gasteiger partial charge in [-0.1, -0.05) is 18.6 Å². The average Bonchev–Trinajstić information content (AvgIpc) is 2.26. The lowest BCUT2D eigenvalue weighted by Crippen LogP contribution is -2.36. The maximum atomic E-state index is 5.43. The van der Waals surface area contributed by atoms with Crippen LogP contribution in [0.4, 0.5) is 0 Å². The van der Waals surface area contributed by atoms with Gasteiger partial charge in [0.05, 0.1) is 6.61 Å². The Balaban J connectivity index is 1.77. The zero-order valence-electron chi connectivity index (χ0n) is 10.9. The van der Waals surface area contributed by atoms with Crippen LogP contribution in [0.25, 0.3) is 0 Å². The average molecular weight is 233 g/mol. The van der Waals surface area contributed by atoms with Crippen molar-refractivity contribution in [1.82, 2.24) is 5.32 Å². The second-order valence-electron chi connectivity index (χ2n) is 4.94. The highest BCUT2D eigenvalue weighted by molar-refractivity contribution is 5.27. The van der Waals surface area contributed by atoms with E-state index in [1.165, 1.54) is 24.8 Å². The molecule has 1 N–H and O–H groups in total. The van der Waals surface area contributed by atoms with Gasteiger partial charge in [0.1, 0.15) is 5.75 Å². The summed E-state index contributed by atoms with van der Waals surface area (Å²) in [5.41, 5.74) is 1.33. The molecule has 0 saturated heterocycles. The number of hydrogen-bond donors (Lipinski definition) is 1. The van der Waals surface area contributed by atoms with E-state index in [2.05, 4.69) is 36.5 Å². The van der Waals surface area contributed by atoms with Crippen molar-refractivity contribution in [1.29, 1.82) is 0 Å². The molecule has 1 unspecified atom stereocenters. The van der Waals surface area contributed by atoms with Gasteiger partial charge in [0.25, 0.3) is 0 Å². The molecule has 1 saturated carbocycles. The molecule has 1 aromatic carbocycles. The molecule has 2 rings (SSSR count). The van der Waals surface area contributed by atoms with Gasteiger partial charge in [-0.05, 0) is 50.3 Å². The van der Waals surface area contributed by atoms with E-state index < -0.39 is 0 Å². The molecule has 1 aliphatic carbocycles. The maximum absolute atomic E-state index is 5.43. The minimum absolute atomic E-state index is 0.648. The van der Waals surface area contributed by atoms with E-state index in [1.807, 2.05) is 6.92 Å². The van der Waals surface area contributed by atoms with Gasteiger partial charge in [0.15, 0.2) is 0 Å². The summed E-state index contributed by atoms with van der Waals surface area (Å²) in [4.78, 5) is 0. The van der Waals surface area contributed by atoms with E-state index in [9.17, 15) is 0 Å². The SMILES string of the molecule is CCOc1ccc(CNC(C)C2CCC2)cc1. The van der Waals surface area contributed by atoms with Gasteiger partial charge in [0.2, 0.25) is 0 Å². The highest BCUT2D eigenvalue weighted by Crippen LogP contribution is 2.29. The second kappa shape index (κ2) is 6.06. The summed E-state index contributed by atoms with van der Waals surface area (Å²) in [6.45, 7) is 6.01. The third-order valence-corrected chi connectivity index (χ3v) is 3.72. The summed E-state index contributed by atoms with van der Waals surface area (Å²) in [6, 6.07) is 9.04. The summed E-state index contributed by atoms with van der Waals surface area (Å²) < 4.78 is 5.43. The lowest BCUT2D eigenvalue weighted by Gasteiger charge is -2.32. The highest BCUT2D eigenvalue weighted by atomic mass is 16.5. The van der Waals surface area contributed by atoms with Gasteiger partial charge in [-0.25, -0.2) is 0 Å². The van der Waals surface area contributed by atoms with Crippen LogP contribution in [0.15, 0.2) is 24.3 Å². The molecule has 0 amide bonds. The standard InChI is InChI=1S/C15H23NO/c1-3-17-15-9-7-13(8-10-15)11-16-12(2)14-5-4-6-14/h7-10,12,14,16H,3-6,11H2,1-2H3. The van der Waals surface area contributed by atoms with Crippen molar-refractivity contribution in [2.75, 3.05) is 6.61 Å². The second-order valence-corrected chi connectivity index (χ2v) is 4.94. The fraction of sp³-hybridized carbons (Fsp3) is 0.600. The lowest BCUT2D eigenvalue weighted by molar-refractivity contribution is 0.240. The Hall–Kier alpha value is -1.02. The van der Waals surface area contributed by atoms with E-state index >= 15 is 0 Å². The van der Waals surface area contributed by atoms with Crippen LogP contribution >= 0.6 is 0 Å². The van der Waals surface area contributed by atoms with Crippen LogP contribution in [0.2, 0.25) is 0 Å². The van der Waals surface area contributed by atoms with Gasteiger partial charge in [-0.15, -0.1) is 0 Å². The van der Waals surface area contributed by atoms with Crippen molar-refractivity contribution in [2.45, 2.75) is 45.7 Å². The number of nitrogens with one attached hydrogen (secondary N) is 1. The Morgan fingerprint density at radius 2 is 2.00 bits per heavy atom. The Morgan fingerprint density at radius 1 is 1.29 bits per heavy atom. The van der Waals surface area contributed by atoms with Gasteiger partial charge >= 0.3 is 0 Å². The molecule has 1 aliphatic rings. The predicted molar refractivity (Wildman–Crippen MR) is 71.3 cm³/mol. The molecule has 1 atom stereocenters. The Kier molecular flexibility index (Phi) is 4.43. The fourth-order valence-corrected chi connectivity index (χ4v) is 2.26. The third kappa shape index (κ3) is 3.47.